The summed E-state index contributed by atoms with van der Waals surface area (Å²) in [6.45, 7) is 2.79. The molecule has 5 rings (SSSR count). The van der Waals surface area contributed by atoms with Crippen LogP contribution in [0.4, 0.5) is 5.82 Å². The number of fused-ring (bicyclic) bond motifs is 1. The van der Waals surface area contributed by atoms with Gasteiger partial charge >= 0.3 is 0 Å². The Morgan fingerprint density at radius 2 is 2.04 bits per heavy atom. The molecule has 136 valence electrons. The summed E-state index contributed by atoms with van der Waals surface area (Å²) in [4.78, 5) is 18.4. The van der Waals surface area contributed by atoms with Crippen LogP contribution < -0.4 is 4.90 Å². The Kier molecular flexibility index (Phi) is 4.00. The van der Waals surface area contributed by atoms with Crippen molar-refractivity contribution in [1.82, 2.24) is 34.9 Å². The quantitative estimate of drug-likeness (QED) is 0.602. The number of rotatable bonds is 4. The number of nitrogens with zero attached hydrogens (tertiary/aromatic N) is 7. The number of hydrogen-bond acceptors (Lipinski definition) is 6. The van der Waals surface area contributed by atoms with Crippen molar-refractivity contribution < 1.29 is 0 Å². The highest BCUT2D eigenvalue weighted by Crippen LogP contribution is 2.26. The van der Waals surface area contributed by atoms with E-state index in [4.69, 9.17) is 0 Å². The van der Waals surface area contributed by atoms with E-state index in [9.17, 15) is 0 Å². The smallest absolute Gasteiger partial charge is 0.182 e. The van der Waals surface area contributed by atoms with Crippen LogP contribution >= 0.6 is 0 Å². The zero-order chi connectivity index (χ0) is 18.1. The van der Waals surface area contributed by atoms with Crippen molar-refractivity contribution in [3.8, 4) is 11.3 Å². The van der Waals surface area contributed by atoms with Gasteiger partial charge in [-0.3, -0.25) is 4.68 Å². The Bertz CT molecular complexity index is 1040. The molecular formula is C19H20N8. The van der Waals surface area contributed by atoms with Crippen LogP contribution in [0.2, 0.25) is 0 Å². The molecule has 1 atom stereocenters. The van der Waals surface area contributed by atoms with E-state index >= 15 is 0 Å². The van der Waals surface area contributed by atoms with Crippen molar-refractivity contribution in [1.29, 1.82) is 0 Å². The van der Waals surface area contributed by atoms with Crippen LogP contribution in [0, 0.1) is 5.92 Å². The fraction of sp³-hybridized carbons (Fsp3) is 0.316. The summed E-state index contributed by atoms with van der Waals surface area (Å²) in [5, 5.41) is 8.66. The van der Waals surface area contributed by atoms with E-state index in [1.54, 1.807) is 12.7 Å². The molecule has 0 radical (unpaired) electrons. The van der Waals surface area contributed by atoms with Gasteiger partial charge in [-0.25, -0.2) is 15.0 Å². The number of nitrogens with one attached hydrogen (secondary N) is 1. The van der Waals surface area contributed by atoms with E-state index < -0.39 is 0 Å². The zero-order valence-electron chi connectivity index (χ0n) is 14.9. The third-order valence-corrected chi connectivity index (χ3v) is 5.07. The summed E-state index contributed by atoms with van der Waals surface area (Å²) in [6.07, 6.45) is 7.60. The molecule has 0 saturated carbocycles. The molecule has 0 spiro atoms. The SMILES string of the molecule is c1ccc(-c2cn(C[C@H]3CCCN(c4ncnc5nc[nH]c45)C3)nn2)cc1. The second-order valence-corrected chi connectivity index (χ2v) is 6.94. The fourth-order valence-electron chi connectivity index (χ4n) is 3.79. The van der Waals surface area contributed by atoms with Gasteiger partial charge in [-0.1, -0.05) is 35.5 Å². The summed E-state index contributed by atoms with van der Waals surface area (Å²) in [5.41, 5.74) is 3.63. The lowest BCUT2D eigenvalue weighted by atomic mass is 9.98. The van der Waals surface area contributed by atoms with Crippen molar-refractivity contribution in [2.45, 2.75) is 19.4 Å². The van der Waals surface area contributed by atoms with Crippen molar-refractivity contribution in [3.63, 3.8) is 0 Å². The zero-order valence-corrected chi connectivity index (χ0v) is 14.9. The van der Waals surface area contributed by atoms with Gasteiger partial charge in [0.1, 0.15) is 17.5 Å². The van der Waals surface area contributed by atoms with E-state index in [2.05, 4.69) is 47.3 Å². The average molecular weight is 360 g/mol. The van der Waals surface area contributed by atoms with Gasteiger partial charge < -0.3 is 9.88 Å². The monoisotopic (exact) mass is 360 g/mol. The van der Waals surface area contributed by atoms with E-state index in [1.807, 2.05) is 29.1 Å². The first-order valence-electron chi connectivity index (χ1n) is 9.21. The number of aromatic nitrogens is 7. The molecule has 0 amide bonds. The van der Waals surface area contributed by atoms with Gasteiger partial charge in [0.15, 0.2) is 11.5 Å². The topological polar surface area (TPSA) is 88.4 Å². The minimum absolute atomic E-state index is 0.497. The molecule has 27 heavy (non-hydrogen) atoms. The van der Waals surface area contributed by atoms with Crippen molar-refractivity contribution >= 4 is 17.0 Å². The van der Waals surface area contributed by atoms with Crippen LogP contribution in [0.3, 0.4) is 0 Å². The lowest BCUT2D eigenvalue weighted by molar-refractivity contribution is 0.347. The Morgan fingerprint density at radius 3 is 2.96 bits per heavy atom. The maximum Gasteiger partial charge on any atom is 0.182 e. The van der Waals surface area contributed by atoms with Gasteiger partial charge in [0.2, 0.25) is 0 Å². The Morgan fingerprint density at radius 1 is 1.11 bits per heavy atom. The lowest BCUT2D eigenvalue weighted by Crippen LogP contribution is -2.37. The van der Waals surface area contributed by atoms with E-state index in [0.29, 0.717) is 11.6 Å². The summed E-state index contributed by atoms with van der Waals surface area (Å²) >= 11 is 0. The van der Waals surface area contributed by atoms with Crippen LogP contribution in [-0.2, 0) is 6.54 Å². The number of imidazole rings is 1. The maximum atomic E-state index is 4.50. The first kappa shape index (κ1) is 15.9. The lowest BCUT2D eigenvalue weighted by Gasteiger charge is -2.33. The molecular weight excluding hydrogens is 340 g/mol. The van der Waals surface area contributed by atoms with Crippen LogP contribution in [0.25, 0.3) is 22.4 Å². The Balaban J connectivity index is 1.32. The molecule has 1 aliphatic rings. The molecule has 0 aliphatic carbocycles. The number of H-pyrrole nitrogens is 1. The molecule has 1 fully saturated rings. The molecule has 0 bridgehead atoms. The predicted molar refractivity (Wildman–Crippen MR) is 102 cm³/mol. The number of aromatic amines is 1. The molecule has 1 N–H and O–H groups in total. The Labute approximate surface area is 156 Å². The third kappa shape index (κ3) is 3.14. The van der Waals surface area contributed by atoms with E-state index in [1.165, 1.54) is 6.42 Å². The maximum absolute atomic E-state index is 4.50. The number of piperidine rings is 1. The highest BCUT2D eigenvalue weighted by Gasteiger charge is 2.24. The van der Waals surface area contributed by atoms with Gasteiger partial charge in [-0.05, 0) is 18.8 Å². The highest BCUT2D eigenvalue weighted by atomic mass is 15.4. The summed E-state index contributed by atoms with van der Waals surface area (Å²) in [6, 6.07) is 10.2. The van der Waals surface area contributed by atoms with Gasteiger partial charge in [-0.2, -0.15) is 0 Å². The van der Waals surface area contributed by atoms with E-state index in [0.717, 1.165) is 48.6 Å². The molecule has 1 aromatic carbocycles. The standard InChI is InChI=1S/C19H20N8/c1-2-6-15(7-3-1)16-11-27(25-24-16)10-14-5-4-8-26(9-14)19-17-18(21-12-20-17)22-13-23-19/h1-3,6-7,11-14H,4-5,8-10H2,(H,20,21,22,23)/t14-/m0/s1. The summed E-state index contributed by atoms with van der Waals surface area (Å²) in [7, 11) is 0. The van der Waals surface area contributed by atoms with Crippen molar-refractivity contribution in [2.75, 3.05) is 18.0 Å². The minimum atomic E-state index is 0.497. The molecule has 8 heteroatoms. The van der Waals surface area contributed by atoms with Crippen LogP contribution in [0.1, 0.15) is 12.8 Å². The largest absolute Gasteiger partial charge is 0.354 e. The molecule has 4 heterocycles. The molecule has 1 aliphatic heterocycles. The number of anilines is 1. The van der Waals surface area contributed by atoms with Gasteiger partial charge in [0.05, 0.1) is 12.5 Å². The molecule has 1 saturated heterocycles. The predicted octanol–water partition coefficient (Wildman–Crippen LogP) is 2.53. The normalized spacial score (nSPS) is 17.5. The van der Waals surface area contributed by atoms with Gasteiger partial charge in [-0.15, -0.1) is 5.10 Å². The molecule has 8 nitrogen and oxygen atoms in total. The van der Waals surface area contributed by atoms with E-state index in [-0.39, 0.29) is 0 Å². The molecule has 0 unspecified atom stereocenters. The average Bonchev–Trinajstić information content (AvgIpc) is 3.38. The molecule has 3 aromatic heterocycles. The first-order chi connectivity index (χ1) is 13.4. The van der Waals surface area contributed by atoms with Crippen molar-refractivity contribution in [3.05, 3.63) is 49.2 Å². The van der Waals surface area contributed by atoms with Crippen molar-refractivity contribution in [2.24, 2.45) is 5.92 Å². The number of benzene rings is 1. The van der Waals surface area contributed by atoms with Gasteiger partial charge in [0, 0.05) is 25.2 Å². The highest BCUT2D eigenvalue weighted by molar-refractivity contribution is 5.82. The van der Waals surface area contributed by atoms with Crippen LogP contribution in [0.15, 0.2) is 49.2 Å². The summed E-state index contributed by atoms with van der Waals surface area (Å²) in [5.74, 6) is 1.43. The van der Waals surface area contributed by atoms with Crippen LogP contribution in [0.5, 0.6) is 0 Å². The second kappa shape index (κ2) is 6.79. The fourth-order valence-corrected chi connectivity index (χ4v) is 3.79. The second-order valence-electron chi connectivity index (χ2n) is 6.94. The number of hydrogen-bond donors (Lipinski definition) is 1. The third-order valence-electron chi connectivity index (χ3n) is 5.07. The minimum Gasteiger partial charge on any atom is -0.354 e. The molecule has 4 aromatic rings. The first-order valence-corrected chi connectivity index (χ1v) is 9.21. The summed E-state index contributed by atoms with van der Waals surface area (Å²) < 4.78 is 1.96. The Hall–Kier alpha value is -3.29. The van der Waals surface area contributed by atoms with Crippen LogP contribution in [-0.4, -0.2) is 48.0 Å². The van der Waals surface area contributed by atoms with Gasteiger partial charge in [0.25, 0.3) is 0 Å².